The lowest BCUT2D eigenvalue weighted by Crippen LogP contribution is -2.50. The van der Waals surface area contributed by atoms with E-state index in [1.807, 2.05) is 53.4 Å². The third kappa shape index (κ3) is 5.27. The van der Waals surface area contributed by atoms with Crippen molar-refractivity contribution in [3.63, 3.8) is 0 Å². The van der Waals surface area contributed by atoms with Crippen LogP contribution in [0.1, 0.15) is 0 Å². The minimum Gasteiger partial charge on any atom is -0.338 e. The Hall–Kier alpha value is -5.02. The minimum absolute atomic E-state index is 0.0968. The lowest BCUT2D eigenvalue weighted by molar-refractivity contribution is 0.208. The summed E-state index contributed by atoms with van der Waals surface area (Å²) >= 11 is 1.72. The molecule has 1 aliphatic heterocycles. The Labute approximate surface area is 241 Å². The van der Waals surface area contributed by atoms with E-state index in [-0.39, 0.29) is 6.03 Å². The van der Waals surface area contributed by atoms with Gasteiger partial charge in [-0.05, 0) is 52.4 Å². The Morgan fingerprint density at radius 2 is 1.51 bits per heavy atom. The van der Waals surface area contributed by atoms with Crippen molar-refractivity contribution in [3.05, 3.63) is 103 Å². The van der Waals surface area contributed by atoms with Gasteiger partial charge in [0.05, 0.1) is 16.6 Å². The van der Waals surface area contributed by atoms with Crippen molar-refractivity contribution in [1.29, 1.82) is 0 Å². The summed E-state index contributed by atoms with van der Waals surface area (Å²) in [6.07, 6.45) is 3.61. The maximum Gasteiger partial charge on any atom is 0.321 e. The third-order valence-electron chi connectivity index (χ3n) is 7.29. The largest absolute Gasteiger partial charge is 0.338 e. The van der Waals surface area contributed by atoms with E-state index in [4.69, 9.17) is 4.98 Å². The molecule has 0 atom stereocenters. The number of anilines is 2. The first-order valence-electron chi connectivity index (χ1n) is 13.5. The van der Waals surface area contributed by atoms with Crippen LogP contribution in [0.25, 0.3) is 44.0 Å². The molecule has 2 amide bonds. The second-order valence-electron chi connectivity index (χ2n) is 9.91. The van der Waals surface area contributed by atoms with Crippen LogP contribution in [0.2, 0.25) is 0 Å². The van der Waals surface area contributed by atoms with Crippen LogP contribution in [0.15, 0.2) is 103 Å². The van der Waals surface area contributed by atoms with E-state index >= 15 is 0 Å². The van der Waals surface area contributed by atoms with Crippen molar-refractivity contribution in [1.82, 2.24) is 24.8 Å². The highest BCUT2D eigenvalue weighted by Crippen LogP contribution is 2.29. The fraction of sp³-hybridized carbons (Fsp3) is 0.125. The number of benzene rings is 3. The molecule has 4 heterocycles. The van der Waals surface area contributed by atoms with Crippen molar-refractivity contribution in [3.8, 4) is 33.0 Å². The van der Waals surface area contributed by atoms with Gasteiger partial charge in [-0.1, -0.05) is 54.6 Å². The number of imidazole rings is 1. The number of nitrogens with zero attached hydrogens (tertiary/aromatic N) is 5. The van der Waals surface area contributed by atoms with Gasteiger partial charge in [-0.25, -0.2) is 19.7 Å². The Morgan fingerprint density at radius 3 is 2.24 bits per heavy atom. The van der Waals surface area contributed by atoms with Gasteiger partial charge in [0.25, 0.3) is 0 Å². The summed E-state index contributed by atoms with van der Waals surface area (Å²) in [5.74, 6) is 1.40. The normalized spacial score (nSPS) is 13.5. The van der Waals surface area contributed by atoms with Crippen molar-refractivity contribution >= 4 is 40.0 Å². The van der Waals surface area contributed by atoms with Crippen LogP contribution in [-0.4, -0.2) is 57.0 Å². The Bertz CT molecular complexity index is 1770. The molecule has 8 nitrogen and oxygen atoms in total. The van der Waals surface area contributed by atoms with Crippen molar-refractivity contribution in [2.75, 3.05) is 36.4 Å². The number of H-pyrrole nitrogens is 1. The fourth-order valence-corrected chi connectivity index (χ4v) is 5.76. The molecule has 41 heavy (non-hydrogen) atoms. The Balaban J connectivity index is 0.959. The second kappa shape index (κ2) is 10.9. The van der Waals surface area contributed by atoms with Gasteiger partial charge in [-0.3, -0.25) is 0 Å². The lowest BCUT2D eigenvalue weighted by Gasteiger charge is -2.34. The summed E-state index contributed by atoms with van der Waals surface area (Å²) < 4.78 is 0. The predicted molar refractivity (Wildman–Crippen MR) is 165 cm³/mol. The van der Waals surface area contributed by atoms with Gasteiger partial charge in [-0.15, -0.1) is 11.3 Å². The van der Waals surface area contributed by atoms with E-state index in [1.54, 1.807) is 23.7 Å². The number of hydrogen-bond acceptors (Lipinski definition) is 6. The van der Waals surface area contributed by atoms with E-state index < -0.39 is 0 Å². The average molecular weight is 558 g/mol. The molecule has 0 bridgehead atoms. The molecule has 0 radical (unpaired) electrons. The molecule has 0 spiro atoms. The van der Waals surface area contributed by atoms with Gasteiger partial charge >= 0.3 is 6.03 Å². The van der Waals surface area contributed by atoms with E-state index in [2.05, 4.69) is 66.9 Å². The van der Waals surface area contributed by atoms with Crippen LogP contribution < -0.4 is 10.2 Å². The van der Waals surface area contributed by atoms with E-state index in [1.165, 1.54) is 10.4 Å². The summed E-state index contributed by atoms with van der Waals surface area (Å²) in [6.45, 7) is 2.51. The highest BCUT2D eigenvalue weighted by atomic mass is 32.1. The Morgan fingerprint density at radius 1 is 0.780 bits per heavy atom. The summed E-state index contributed by atoms with van der Waals surface area (Å²) in [6, 6.07) is 28.5. The van der Waals surface area contributed by atoms with Crippen LogP contribution in [-0.2, 0) is 0 Å². The standard InChI is InChI=1S/C32H27N7OS/c40-32(35-26-11-8-23(9-12-26)22-5-2-1-3-6-22)39-16-14-38(15-17-39)31-33-20-25(21-34-31)30-36-27-13-10-24(19-28(27)37-30)29-7-4-18-41-29/h1-13,18-21H,14-17H2,(H,35,40)(H,36,37). The van der Waals surface area contributed by atoms with E-state index in [0.717, 1.165) is 39.2 Å². The molecule has 1 fully saturated rings. The van der Waals surface area contributed by atoms with Crippen LogP contribution >= 0.6 is 11.3 Å². The summed E-state index contributed by atoms with van der Waals surface area (Å²) in [7, 11) is 0. The SMILES string of the molecule is O=C(Nc1ccc(-c2ccccc2)cc1)N1CCN(c2ncc(-c3nc4ccc(-c5cccs5)cc4[nH]3)cn2)CC1. The molecular formula is C32H27N7OS. The number of aromatic amines is 1. The number of piperazine rings is 1. The molecule has 0 saturated carbocycles. The number of nitrogens with one attached hydrogen (secondary N) is 2. The number of carbonyl (C=O) groups is 1. The number of carbonyl (C=O) groups excluding carboxylic acids is 1. The van der Waals surface area contributed by atoms with Gasteiger partial charge in [0.15, 0.2) is 0 Å². The molecule has 1 aliphatic rings. The molecule has 3 aromatic carbocycles. The molecule has 9 heteroatoms. The topological polar surface area (TPSA) is 90.0 Å². The molecule has 0 aliphatic carbocycles. The maximum atomic E-state index is 12.9. The zero-order valence-electron chi connectivity index (χ0n) is 22.2. The summed E-state index contributed by atoms with van der Waals surface area (Å²) in [5, 5.41) is 5.10. The average Bonchev–Trinajstić information content (AvgIpc) is 3.73. The Kier molecular flexibility index (Phi) is 6.62. The monoisotopic (exact) mass is 557 g/mol. The number of fused-ring (bicyclic) bond motifs is 1. The van der Waals surface area contributed by atoms with Crippen LogP contribution in [0.4, 0.5) is 16.4 Å². The maximum absolute atomic E-state index is 12.9. The van der Waals surface area contributed by atoms with Crippen LogP contribution in [0, 0.1) is 0 Å². The lowest BCUT2D eigenvalue weighted by atomic mass is 10.1. The van der Waals surface area contributed by atoms with Crippen molar-refractivity contribution in [2.45, 2.75) is 0 Å². The molecule has 1 saturated heterocycles. The molecule has 6 aromatic rings. The number of thiophene rings is 1. The zero-order valence-corrected chi connectivity index (χ0v) is 23.0. The summed E-state index contributed by atoms with van der Waals surface area (Å²) in [5.41, 5.74) is 6.94. The highest BCUT2D eigenvalue weighted by molar-refractivity contribution is 7.13. The summed E-state index contributed by atoms with van der Waals surface area (Å²) in [4.78, 5) is 35.4. The number of amides is 2. The van der Waals surface area contributed by atoms with E-state index in [0.29, 0.717) is 32.1 Å². The van der Waals surface area contributed by atoms with Crippen molar-refractivity contribution in [2.24, 2.45) is 0 Å². The zero-order chi connectivity index (χ0) is 27.6. The number of hydrogen-bond donors (Lipinski definition) is 2. The fourth-order valence-electron chi connectivity index (χ4n) is 5.04. The second-order valence-corrected chi connectivity index (χ2v) is 10.9. The minimum atomic E-state index is -0.0968. The molecule has 7 rings (SSSR count). The molecule has 3 aromatic heterocycles. The number of rotatable bonds is 5. The van der Waals surface area contributed by atoms with Crippen molar-refractivity contribution < 1.29 is 4.79 Å². The first-order valence-corrected chi connectivity index (χ1v) is 14.4. The van der Waals surface area contributed by atoms with Crippen LogP contribution in [0.3, 0.4) is 0 Å². The van der Waals surface area contributed by atoms with Gasteiger partial charge in [0.1, 0.15) is 5.82 Å². The molecule has 2 N–H and O–H groups in total. The predicted octanol–water partition coefficient (Wildman–Crippen LogP) is 6.77. The van der Waals surface area contributed by atoms with Crippen LogP contribution in [0.5, 0.6) is 0 Å². The van der Waals surface area contributed by atoms with Gasteiger partial charge < -0.3 is 20.1 Å². The number of urea groups is 1. The smallest absolute Gasteiger partial charge is 0.321 e. The third-order valence-corrected chi connectivity index (χ3v) is 8.21. The number of aromatic nitrogens is 4. The molecular weight excluding hydrogens is 530 g/mol. The van der Waals surface area contributed by atoms with Gasteiger partial charge in [0.2, 0.25) is 5.95 Å². The molecule has 0 unspecified atom stereocenters. The van der Waals surface area contributed by atoms with E-state index in [9.17, 15) is 4.79 Å². The molecule has 202 valence electrons. The van der Waals surface area contributed by atoms with Gasteiger partial charge in [0, 0.05) is 49.1 Å². The highest BCUT2D eigenvalue weighted by Gasteiger charge is 2.23. The quantitative estimate of drug-likeness (QED) is 0.244. The first kappa shape index (κ1) is 25.0. The van der Waals surface area contributed by atoms with Gasteiger partial charge in [-0.2, -0.15) is 0 Å². The first-order chi connectivity index (χ1) is 20.2.